The molecular formula is C15H15FN2O2. The van der Waals surface area contributed by atoms with Crippen LogP contribution in [0.25, 0.3) is 0 Å². The molecule has 0 bridgehead atoms. The van der Waals surface area contributed by atoms with Gasteiger partial charge < -0.3 is 15.1 Å². The molecule has 20 heavy (non-hydrogen) atoms. The van der Waals surface area contributed by atoms with E-state index in [4.69, 9.17) is 10.2 Å². The van der Waals surface area contributed by atoms with Crippen LogP contribution >= 0.6 is 0 Å². The van der Waals surface area contributed by atoms with Gasteiger partial charge in [-0.1, -0.05) is 12.1 Å². The van der Waals surface area contributed by atoms with E-state index in [1.54, 1.807) is 17.0 Å². The van der Waals surface area contributed by atoms with Crippen LogP contribution in [0.1, 0.15) is 23.1 Å². The van der Waals surface area contributed by atoms with E-state index >= 15 is 0 Å². The van der Waals surface area contributed by atoms with Crippen LogP contribution in [0.4, 0.5) is 4.39 Å². The Kier molecular flexibility index (Phi) is 3.06. The van der Waals surface area contributed by atoms with Gasteiger partial charge in [-0.2, -0.15) is 0 Å². The number of β-lactam (4-membered cyclic amide) rings is 1. The van der Waals surface area contributed by atoms with Crippen molar-refractivity contribution in [3.05, 3.63) is 59.3 Å². The topological polar surface area (TPSA) is 59.5 Å². The van der Waals surface area contributed by atoms with Crippen molar-refractivity contribution in [3.63, 3.8) is 0 Å². The van der Waals surface area contributed by atoms with Crippen molar-refractivity contribution in [1.82, 2.24) is 4.90 Å². The molecule has 5 heteroatoms. The van der Waals surface area contributed by atoms with Gasteiger partial charge in [0.15, 0.2) is 0 Å². The molecule has 0 aliphatic carbocycles. The average Bonchev–Trinajstić information content (AvgIpc) is 2.86. The van der Waals surface area contributed by atoms with Gasteiger partial charge in [0.2, 0.25) is 5.91 Å². The lowest BCUT2D eigenvalue weighted by Gasteiger charge is -2.44. The van der Waals surface area contributed by atoms with Crippen molar-refractivity contribution >= 4 is 5.91 Å². The van der Waals surface area contributed by atoms with Crippen LogP contribution in [0, 0.1) is 12.7 Å². The van der Waals surface area contributed by atoms with Gasteiger partial charge in [0, 0.05) is 6.54 Å². The Morgan fingerprint density at radius 3 is 2.55 bits per heavy atom. The summed E-state index contributed by atoms with van der Waals surface area (Å²) in [5, 5.41) is 0. The van der Waals surface area contributed by atoms with Gasteiger partial charge >= 0.3 is 0 Å². The zero-order valence-electron chi connectivity index (χ0n) is 11.0. The molecule has 2 atom stereocenters. The van der Waals surface area contributed by atoms with E-state index in [0.29, 0.717) is 12.3 Å². The van der Waals surface area contributed by atoms with Crippen molar-refractivity contribution in [2.75, 3.05) is 0 Å². The number of hydrogen-bond acceptors (Lipinski definition) is 3. The fourth-order valence-corrected chi connectivity index (χ4v) is 2.48. The molecule has 2 N–H and O–H groups in total. The second-order valence-corrected chi connectivity index (χ2v) is 5.01. The monoisotopic (exact) mass is 274 g/mol. The first kappa shape index (κ1) is 12.9. The summed E-state index contributed by atoms with van der Waals surface area (Å²) in [7, 11) is 0. The quantitative estimate of drug-likeness (QED) is 0.872. The zero-order valence-corrected chi connectivity index (χ0v) is 11.0. The highest BCUT2D eigenvalue weighted by Crippen LogP contribution is 2.35. The van der Waals surface area contributed by atoms with Crippen LogP contribution in [-0.2, 0) is 11.3 Å². The molecule has 104 valence electrons. The molecule has 1 aliphatic heterocycles. The lowest BCUT2D eigenvalue weighted by molar-refractivity contribution is -0.151. The van der Waals surface area contributed by atoms with E-state index in [0.717, 1.165) is 11.3 Å². The molecule has 2 aromatic rings. The van der Waals surface area contributed by atoms with Crippen LogP contribution < -0.4 is 5.73 Å². The van der Waals surface area contributed by atoms with Gasteiger partial charge in [-0.05, 0) is 36.8 Å². The number of hydrogen-bond donors (Lipinski definition) is 1. The van der Waals surface area contributed by atoms with Crippen LogP contribution in [0.5, 0.6) is 0 Å². The lowest BCUT2D eigenvalue weighted by Crippen LogP contribution is -2.62. The maximum Gasteiger partial charge on any atom is 0.243 e. The first-order valence-corrected chi connectivity index (χ1v) is 6.43. The minimum absolute atomic E-state index is 0.117. The number of carbonyl (C=O) groups is 1. The normalized spacial score (nSPS) is 21.9. The van der Waals surface area contributed by atoms with Gasteiger partial charge in [-0.15, -0.1) is 0 Å². The molecule has 2 heterocycles. The molecule has 1 fully saturated rings. The Bertz CT molecular complexity index is 636. The van der Waals surface area contributed by atoms with Crippen LogP contribution in [0.3, 0.4) is 0 Å². The highest BCUT2D eigenvalue weighted by Gasteiger charge is 2.47. The van der Waals surface area contributed by atoms with Crippen molar-refractivity contribution in [2.24, 2.45) is 5.73 Å². The molecule has 1 aromatic heterocycles. The van der Waals surface area contributed by atoms with Gasteiger partial charge in [0.05, 0.1) is 0 Å². The van der Waals surface area contributed by atoms with E-state index in [2.05, 4.69) is 0 Å². The third-order valence-electron chi connectivity index (χ3n) is 3.56. The number of amides is 1. The molecule has 0 saturated carbocycles. The molecule has 1 aliphatic rings. The number of carbonyl (C=O) groups excluding carboxylic acids is 1. The van der Waals surface area contributed by atoms with E-state index in [1.807, 2.05) is 19.1 Å². The lowest BCUT2D eigenvalue weighted by atomic mass is 9.93. The van der Waals surface area contributed by atoms with Gasteiger partial charge in [-0.25, -0.2) is 4.39 Å². The Hall–Kier alpha value is -2.14. The fourth-order valence-electron chi connectivity index (χ4n) is 2.48. The number of halogens is 1. The van der Waals surface area contributed by atoms with Gasteiger partial charge in [-0.3, -0.25) is 4.79 Å². The number of nitrogens with zero attached hydrogens (tertiary/aromatic N) is 1. The maximum atomic E-state index is 12.9. The van der Waals surface area contributed by atoms with Crippen molar-refractivity contribution in [3.8, 4) is 0 Å². The minimum atomic E-state index is -0.569. The Balaban J connectivity index is 1.80. The summed E-state index contributed by atoms with van der Waals surface area (Å²) in [6, 6.07) is 8.96. The van der Waals surface area contributed by atoms with E-state index in [1.165, 1.54) is 12.1 Å². The van der Waals surface area contributed by atoms with Crippen molar-refractivity contribution in [2.45, 2.75) is 25.6 Å². The molecule has 1 aromatic carbocycles. The molecule has 3 rings (SSSR count). The number of nitrogens with two attached hydrogens (primary N) is 1. The van der Waals surface area contributed by atoms with Crippen LogP contribution in [-0.4, -0.2) is 16.8 Å². The molecule has 0 radical (unpaired) electrons. The van der Waals surface area contributed by atoms with Crippen molar-refractivity contribution in [1.29, 1.82) is 0 Å². The molecular weight excluding hydrogens is 259 g/mol. The predicted octanol–water partition coefficient (Wildman–Crippen LogP) is 2.14. The number of benzene rings is 1. The van der Waals surface area contributed by atoms with Crippen LogP contribution in [0.2, 0.25) is 0 Å². The second-order valence-electron chi connectivity index (χ2n) is 5.01. The highest BCUT2D eigenvalue weighted by atomic mass is 19.1. The smallest absolute Gasteiger partial charge is 0.243 e. The largest absolute Gasteiger partial charge is 0.464 e. The third kappa shape index (κ3) is 2.10. The summed E-state index contributed by atoms with van der Waals surface area (Å²) in [6.07, 6.45) is 0. The predicted molar refractivity (Wildman–Crippen MR) is 71.1 cm³/mol. The zero-order chi connectivity index (χ0) is 14.3. The summed E-state index contributed by atoms with van der Waals surface area (Å²) >= 11 is 0. The number of likely N-dealkylation sites (tertiary alicyclic amines) is 1. The Morgan fingerprint density at radius 1 is 1.25 bits per heavy atom. The third-order valence-corrected chi connectivity index (χ3v) is 3.56. The standard InChI is InChI=1S/C15H15FN2O2/c1-9-2-7-12(20-9)14-13(17)15(19)18(14)8-10-3-5-11(16)6-4-10/h2-7,13-14H,8,17H2,1H3/t13-,14+/m0/s1. The van der Waals surface area contributed by atoms with E-state index in [9.17, 15) is 9.18 Å². The van der Waals surface area contributed by atoms with Crippen LogP contribution in [0.15, 0.2) is 40.8 Å². The van der Waals surface area contributed by atoms with Gasteiger partial charge in [0.1, 0.15) is 29.4 Å². The molecule has 4 nitrogen and oxygen atoms in total. The van der Waals surface area contributed by atoms with E-state index in [-0.39, 0.29) is 17.8 Å². The van der Waals surface area contributed by atoms with Gasteiger partial charge in [0.25, 0.3) is 0 Å². The van der Waals surface area contributed by atoms with E-state index < -0.39 is 6.04 Å². The highest BCUT2D eigenvalue weighted by molar-refractivity contribution is 5.89. The second kappa shape index (κ2) is 4.76. The number of furan rings is 1. The molecule has 1 saturated heterocycles. The Labute approximate surface area is 116 Å². The fraction of sp³-hybridized carbons (Fsp3) is 0.267. The average molecular weight is 274 g/mol. The minimum Gasteiger partial charge on any atom is -0.464 e. The molecule has 0 unspecified atom stereocenters. The summed E-state index contributed by atoms with van der Waals surface area (Å²) in [5.74, 6) is 1.07. The molecule has 0 spiro atoms. The summed E-state index contributed by atoms with van der Waals surface area (Å²) in [4.78, 5) is 13.6. The van der Waals surface area contributed by atoms with Crippen molar-refractivity contribution < 1.29 is 13.6 Å². The summed E-state index contributed by atoms with van der Waals surface area (Å²) in [5.41, 5.74) is 6.73. The maximum absolute atomic E-state index is 12.9. The first-order chi connectivity index (χ1) is 9.56. The summed E-state index contributed by atoms with van der Waals surface area (Å²) < 4.78 is 18.4. The number of aryl methyl sites for hydroxylation is 1. The SMILES string of the molecule is Cc1ccc([C@@H]2[C@H](N)C(=O)N2Cc2ccc(F)cc2)o1. The first-order valence-electron chi connectivity index (χ1n) is 6.43. The number of rotatable bonds is 3. The Morgan fingerprint density at radius 2 is 1.95 bits per heavy atom. The molecule has 1 amide bonds. The summed E-state index contributed by atoms with van der Waals surface area (Å²) in [6.45, 7) is 2.25.